The number of halogens is 1. The molecule has 1 atom stereocenters. The fourth-order valence-electron chi connectivity index (χ4n) is 3.98. The molecule has 1 amide bonds. The van der Waals surface area contributed by atoms with E-state index in [9.17, 15) is 9.18 Å². The molecule has 3 aromatic rings. The molecule has 0 fully saturated rings. The minimum absolute atomic E-state index is 0.0370. The van der Waals surface area contributed by atoms with E-state index in [-0.39, 0.29) is 29.1 Å². The highest BCUT2D eigenvalue weighted by atomic mass is 19.1. The first kappa shape index (κ1) is 19.4. The molecule has 0 saturated heterocycles. The number of hydrogen-bond donors (Lipinski definition) is 2. The second-order valence-electron chi connectivity index (χ2n) is 8.87. The first-order valence-electron chi connectivity index (χ1n) is 9.92. The summed E-state index contributed by atoms with van der Waals surface area (Å²) in [5.41, 5.74) is 3.94. The Morgan fingerprint density at radius 1 is 1.34 bits per heavy atom. The van der Waals surface area contributed by atoms with E-state index in [1.165, 1.54) is 12.1 Å². The molecule has 6 nitrogen and oxygen atoms in total. The van der Waals surface area contributed by atoms with Gasteiger partial charge in [-0.2, -0.15) is 10.2 Å². The van der Waals surface area contributed by atoms with E-state index in [4.69, 9.17) is 0 Å². The normalized spacial score (nSPS) is 17.9. The van der Waals surface area contributed by atoms with Gasteiger partial charge in [-0.25, -0.2) is 9.07 Å². The van der Waals surface area contributed by atoms with Gasteiger partial charge in [0.05, 0.1) is 23.6 Å². The van der Waals surface area contributed by atoms with E-state index in [2.05, 4.69) is 34.5 Å². The van der Waals surface area contributed by atoms with Crippen molar-refractivity contribution in [2.75, 3.05) is 0 Å². The predicted molar refractivity (Wildman–Crippen MR) is 109 cm³/mol. The number of nitrogens with zero attached hydrogens (tertiary/aromatic N) is 3. The quantitative estimate of drug-likeness (QED) is 0.691. The third-order valence-corrected chi connectivity index (χ3v) is 5.49. The number of amides is 1. The largest absolute Gasteiger partial charge is 0.344 e. The second-order valence-corrected chi connectivity index (χ2v) is 8.87. The molecule has 4 rings (SSSR count). The van der Waals surface area contributed by atoms with Crippen LogP contribution in [0.2, 0.25) is 0 Å². The molecule has 1 unspecified atom stereocenters. The molecule has 152 valence electrons. The van der Waals surface area contributed by atoms with Crippen molar-refractivity contribution in [3.63, 3.8) is 0 Å². The van der Waals surface area contributed by atoms with Gasteiger partial charge in [-0.3, -0.25) is 9.89 Å². The molecule has 2 heterocycles. The number of fused-ring (bicyclic) bond motifs is 1. The van der Waals surface area contributed by atoms with Crippen LogP contribution in [0, 0.1) is 11.2 Å². The summed E-state index contributed by atoms with van der Waals surface area (Å²) in [6, 6.07) is 8.02. The molecular formula is C22H26FN5O. The number of aromatic nitrogens is 4. The van der Waals surface area contributed by atoms with E-state index in [0.717, 1.165) is 29.8 Å². The lowest BCUT2D eigenvalue weighted by atomic mass is 9.74. The lowest BCUT2D eigenvalue weighted by Gasteiger charge is -2.35. The highest BCUT2D eigenvalue weighted by Gasteiger charge is 2.36. The van der Waals surface area contributed by atoms with Crippen LogP contribution in [0.4, 0.5) is 4.39 Å². The van der Waals surface area contributed by atoms with Crippen molar-refractivity contribution in [3.05, 3.63) is 65.0 Å². The van der Waals surface area contributed by atoms with Gasteiger partial charge in [0.1, 0.15) is 11.5 Å². The topological polar surface area (TPSA) is 75.6 Å². The number of hydrogen-bond acceptors (Lipinski definition) is 3. The van der Waals surface area contributed by atoms with Gasteiger partial charge in [0.25, 0.3) is 5.91 Å². The van der Waals surface area contributed by atoms with E-state index in [1.54, 1.807) is 23.0 Å². The van der Waals surface area contributed by atoms with Gasteiger partial charge >= 0.3 is 0 Å². The predicted octanol–water partition coefficient (Wildman–Crippen LogP) is 4.30. The van der Waals surface area contributed by atoms with Gasteiger partial charge in [0.15, 0.2) is 0 Å². The summed E-state index contributed by atoms with van der Waals surface area (Å²) >= 11 is 0. The highest BCUT2D eigenvalue weighted by Crippen LogP contribution is 2.41. The Kier molecular flexibility index (Phi) is 4.76. The van der Waals surface area contributed by atoms with Gasteiger partial charge in [-0.1, -0.05) is 33.8 Å². The highest BCUT2D eigenvalue weighted by molar-refractivity contribution is 5.92. The minimum Gasteiger partial charge on any atom is -0.344 e. The van der Waals surface area contributed by atoms with Crippen LogP contribution in [0.25, 0.3) is 5.69 Å². The Labute approximate surface area is 169 Å². The number of nitrogens with one attached hydrogen (secondary N) is 2. The zero-order chi connectivity index (χ0) is 20.8. The SMILES string of the molecule is CC(C)c1cc(C(=O)NC2CC(C)(C)Cc3c2cnn3-c2cccc(F)c2)n[nH]1. The second kappa shape index (κ2) is 7.13. The van der Waals surface area contributed by atoms with Crippen LogP contribution in [0.3, 0.4) is 0 Å². The van der Waals surface area contributed by atoms with Crippen LogP contribution < -0.4 is 5.32 Å². The van der Waals surface area contributed by atoms with Gasteiger partial charge in [0.2, 0.25) is 0 Å². The van der Waals surface area contributed by atoms with Crippen LogP contribution >= 0.6 is 0 Å². The summed E-state index contributed by atoms with van der Waals surface area (Å²) in [6.45, 7) is 8.44. The van der Waals surface area contributed by atoms with Crippen molar-refractivity contribution in [1.29, 1.82) is 0 Å². The van der Waals surface area contributed by atoms with Crippen molar-refractivity contribution < 1.29 is 9.18 Å². The smallest absolute Gasteiger partial charge is 0.272 e. The molecule has 0 radical (unpaired) electrons. The van der Waals surface area contributed by atoms with Crippen molar-refractivity contribution in [1.82, 2.24) is 25.3 Å². The molecule has 0 spiro atoms. The van der Waals surface area contributed by atoms with Gasteiger partial charge in [-0.05, 0) is 48.4 Å². The van der Waals surface area contributed by atoms with Crippen molar-refractivity contribution in [3.8, 4) is 5.69 Å². The number of aromatic amines is 1. The fourth-order valence-corrected chi connectivity index (χ4v) is 3.98. The monoisotopic (exact) mass is 395 g/mol. The number of carbonyl (C=O) groups excluding carboxylic acids is 1. The molecule has 29 heavy (non-hydrogen) atoms. The number of carbonyl (C=O) groups is 1. The fraction of sp³-hybridized carbons (Fsp3) is 0.409. The standard InChI is InChI=1S/C22H26FN5O/c1-13(2)17-9-18(27-26-17)21(29)25-19-10-22(3,4)11-20-16(19)12-24-28(20)15-7-5-6-14(23)8-15/h5-9,12-13,19H,10-11H2,1-4H3,(H,25,29)(H,26,27). The Balaban J connectivity index is 1.65. The maximum absolute atomic E-state index is 13.7. The summed E-state index contributed by atoms with van der Waals surface area (Å²) < 4.78 is 15.5. The van der Waals surface area contributed by atoms with E-state index >= 15 is 0 Å². The zero-order valence-corrected chi connectivity index (χ0v) is 17.2. The van der Waals surface area contributed by atoms with Crippen molar-refractivity contribution in [2.24, 2.45) is 5.41 Å². The average Bonchev–Trinajstić information content (AvgIpc) is 3.28. The van der Waals surface area contributed by atoms with Crippen LogP contribution in [-0.4, -0.2) is 25.9 Å². The lowest BCUT2D eigenvalue weighted by Crippen LogP contribution is -2.37. The molecule has 1 aliphatic rings. The van der Waals surface area contributed by atoms with E-state index in [1.807, 2.05) is 19.9 Å². The maximum atomic E-state index is 13.7. The Morgan fingerprint density at radius 3 is 2.83 bits per heavy atom. The summed E-state index contributed by atoms with van der Waals surface area (Å²) in [5, 5.41) is 14.7. The van der Waals surface area contributed by atoms with Crippen molar-refractivity contribution >= 4 is 5.91 Å². The Morgan fingerprint density at radius 2 is 2.14 bits per heavy atom. The molecule has 1 aliphatic carbocycles. The zero-order valence-electron chi connectivity index (χ0n) is 17.2. The summed E-state index contributed by atoms with van der Waals surface area (Å²) in [4.78, 5) is 12.8. The Bertz CT molecular complexity index is 1050. The third-order valence-electron chi connectivity index (χ3n) is 5.49. The average molecular weight is 395 g/mol. The van der Waals surface area contributed by atoms with E-state index in [0.29, 0.717) is 11.4 Å². The first-order valence-corrected chi connectivity index (χ1v) is 9.92. The van der Waals surface area contributed by atoms with Crippen LogP contribution in [0.5, 0.6) is 0 Å². The molecule has 0 saturated carbocycles. The van der Waals surface area contributed by atoms with Crippen molar-refractivity contribution in [2.45, 2.75) is 52.5 Å². The number of H-pyrrole nitrogens is 1. The lowest BCUT2D eigenvalue weighted by molar-refractivity contribution is 0.0914. The summed E-state index contributed by atoms with van der Waals surface area (Å²) in [6.07, 6.45) is 3.37. The summed E-state index contributed by atoms with van der Waals surface area (Å²) in [5.74, 6) is -0.236. The van der Waals surface area contributed by atoms with Crippen LogP contribution in [-0.2, 0) is 6.42 Å². The van der Waals surface area contributed by atoms with E-state index < -0.39 is 0 Å². The van der Waals surface area contributed by atoms with Crippen LogP contribution in [0.15, 0.2) is 36.5 Å². The summed E-state index contributed by atoms with van der Waals surface area (Å²) in [7, 11) is 0. The number of benzene rings is 1. The van der Waals surface area contributed by atoms with Crippen LogP contribution in [0.1, 0.15) is 73.5 Å². The molecule has 7 heteroatoms. The van der Waals surface area contributed by atoms with Gasteiger partial charge in [-0.15, -0.1) is 0 Å². The minimum atomic E-state index is -0.300. The van der Waals surface area contributed by atoms with Gasteiger partial charge in [0, 0.05) is 11.3 Å². The third kappa shape index (κ3) is 3.81. The molecule has 2 N–H and O–H groups in total. The molecule has 0 aliphatic heterocycles. The molecular weight excluding hydrogens is 369 g/mol. The first-order chi connectivity index (χ1) is 13.7. The number of rotatable bonds is 4. The molecule has 1 aromatic carbocycles. The molecule has 2 aromatic heterocycles. The van der Waals surface area contributed by atoms with Gasteiger partial charge < -0.3 is 5.32 Å². The Hall–Kier alpha value is -2.96. The maximum Gasteiger partial charge on any atom is 0.272 e. The molecule has 0 bridgehead atoms.